The van der Waals surface area contributed by atoms with Gasteiger partial charge in [0.05, 0.1) is 18.1 Å². The predicted octanol–water partition coefficient (Wildman–Crippen LogP) is 7.82. The second-order valence-corrected chi connectivity index (χ2v) is 10.9. The van der Waals surface area contributed by atoms with Crippen molar-refractivity contribution in [2.24, 2.45) is 5.92 Å². The van der Waals surface area contributed by atoms with Crippen LogP contribution in [-0.4, -0.2) is 29.6 Å². The summed E-state index contributed by atoms with van der Waals surface area (Å²) in [5.74, 6) is -2.56. The zero-order valence-electron chi connectivity index (χ0n) is 24.3. The number of esters is 2. The lowest BCUT2D eigenvalue weighted by molar-refractivity contribution is -0.139. The normalized spacial score (nSPS) is 14.1. The highest BCUT2D eigenvalue weighted by Crippen LogP contribution is 2.32. The van der Waals surface area contributed by atoms with E-state index >= 15 is 0 Å². The molecule has 0 fully saturated rings. The van der Waals surface area contributed by atoms with Crippen LogP contribution in [0.3, 0.4) is 0 Å². The Morgan fingerprint density at radius 2 is 1.51 bits per heavy atom. The van der Waals surface area contributed by atoms with Crippen molar-refractivity contribution in [2.45, 2.75) is 58.3 Å². The van der Waals surface area contributed by atoms with Gasteiger partial charge < -0.3 is 19.3 Å². The fourth-order valence-corrected chi connectivity index (χ4v) is 5.48. The second kappa shape index (κ2) is 14.0. The van der Waals surface area contributed by atoms with Gasteiger partial charge in [-0.05, 0) is 84.0 Å². The van der Waals surface area contributed by atoms with Crippen LogP contribution >= 0.6 is 0 Å². The fourth-order valence-electron chi connectivity index (χ4n) is 5.48. The number of carboxylic acids is 1. The third kappa shape index (κ3) is 7.41. The number of hydrogen-bond donors (Lipinski definition) is 1. The maximum atomic E-state index is 13.1. The van der Waals surface area contributed by atoms with Crippen LogP contribution in [0.4, 0.5) is 0 Å². The summed E-state index contributed by atoms with van der Waals surface area (Å²) in [6, 6.07) is 23.0. The van der Waals surface area contributed by atoms with E-state index in [9.17, 15) is 19.5 Å². The van der Waals surface area contributed by atoms with Gasteiger partial charge in [0.25, 0.3) is 0 Å². The van der Waals surface area contributed by atoms with Gasteiger partial charge in [-0.1, -0.05) is 75.1 Å². The molecule has 0 saturated carbocycles. The van der Waals surface area contributed by atoms with Crippen LogP contribution < -0.4 is 14.2 Å². The number of rotatable bonds is 12. The third-order valence-electron chi connectivity index (χ3n) is 7.86. The molecule has 0 aromatic heterocycles. The highest BCUT2D eigenvalue weighted by Gasteiger charge is 2.29. The molecule has 0 heterocycles. The van der Waals surface area contributed by atoms with Gasteiger partial charge in [-0.15, -0.1) is 0 Å². The molecule has 0 spiro atoms. The lowest BCUT2D eigenvalue weighted by atomic mass is 9.84. The lowest BCUT2D eigenvalue weighted by Crippen LogP contribution is -2.27. The van der Waals surface area contributed by atoms with Gasteiger partial charge in [0.1, 0.15) is 22.8 Å². The van der Waals surface area contributed by atoms with E-state index in [0.29, 0.717) is 19.4 Å². The largest absolute Gasteiger partial charge is 0.494 e. The summed E-state index contributed by atoms with van der Waals surface area (Å²) in [5.41, 5.74) is 2.19. The minimum absolute atomic E-state index is 0.155. The Bertz CT molecular complexity index is 1620. The van der Waals surface area contributed by atoms with Gasteiger partial charge in [0.2, 0.25) is 0 Å². The Morgan fingerprint density at radius 1 is 0.791 bits per heavy atom. The van der Waals surface area contributed by atoms with E-state index in [2.05, 4.69) is 13.0 Å². The number of hydrogen-bond acceptors (Lipinski definition) is 6. The SMILES string of the molecule is CCCCCCCOc1ccc2cc(C(=O)Oc3cccc(OC(=O)C4CCc5ccccc5C4)c3C(=O)O)ccc2c1. The van der Waals surface area contributed by atoms with Crippen molar-refractivity contribution in [1.29, 1.82) is 0 Å². The Morgan fingerprint density at radius 3 is 2.30 bits per heavy atom. The van der Waals surface area contributed by atoms with Crippen molar-refractivity contribution >= 4 is 28.7 Å². The van der Waals surface area contributed by atoms with Gasteiger partial charge in [0.15, 0.2) is 0 Å². The molecule has 0 amide bonds. The van der Waals surface area contributed by atoms with Gasteiger partial charge in [-0.2, -0.15) is 0 Å². The zero-order chi connectivity index (χ0) is 30.2. The van der Waals surface area contributed by atoms with Crippen molar-refractivity contribution < 1.29 is 33.7 Å². The van der Waals surface area contributed by atoms with Crippen molar-refractivity contribution in [2.75, 3.05) is 6.61 Å². The van der Waals surface area contributed by atoms with Gasteiger partial charge in [-0.3, -0.25) is 4.79 Å². The third-order valence-corrected chi connectivity index (χ3v) is 7.86. The van der Waals surface area contributed by atoms with E-state index in [0.717, 1.165) is 41.3 Å². The number of benzene rings is 4. The zero-order valence-corrected chi connectivity index (χ0v) is 24.3. The fraction of sp³-hybridized carbons (Fsp3) is 0.306. The molecule has 43 heavy (non-hydrogen) atoms. The van der Waals surface area contributed by atoms with Crippen molar-refractivity contribution in [3.63, 3.8) is 0 Å². The minimum atomic E-state index is -1.36. The summed E-state index contributed by atoms with van der Waals surface area (Å²) in [4.78, 5) is 38.4. The number of ether oxygens (including phenoxy) is 3. The van der Waals surface area contributed by atoms with Gasteiger partial charge in [-0.25, -0.2) is 9.59 Å². The maximum Gasteiger partial charge on any atom is 0.343 e. The number of fused-ring (bicyclic) bond motifs is 2. The molecular weight excluding hydrogens is 544 g/mol. The van der Waals surface area contributed by atoms with Crippen LogP contribution in [0.15, 0.2) is 78.9 Å². The molecule has 7 nitrogen and oxygen atoms in total. The van der Waals surface area contributed by atoms with E-state index in [1.807, 2.05) is 36.4 Å². The van der Waals surface area contributed by atoms with Crippen molar-refractivity contribution in [1.82, 2.24) is 0 Å². The molecule has 1 aliphatic rings. The molecule has 4 aromatic carbocycles. The predicted molar refractivity (Wildman–Crippen MR) is 164 cm³/mol. The first-order valence-electron chi connectivity index (χ1n) is 15.0. The molecule has 1 unspecified atom stereocenters. The number of aromatic carboxylic acids is 1. The summed E-state index contributed by atoms with van der Waals surface area (Å²) in [5, 5.41) is 11.7. The smallest absolute Gasteiger partial charge is 0.343 e. The number of carbonyl (C=O) groups is 3. The average Bonchev–Trinajstić information content (AvgIpc) is 3.02. The average molecular weight is 581 g/mol. The van der Waals surface area contributed by atoms with Crippen LogP contribution in [0.5, 0.6) is 17.2 Å². The maximum absolute atomic E-state index is 13.1. The van der Waals surface area contributed by atoms with Crippen LogP contribution in [0, 0.1) is 5.92 Å². The summed E-state index contributed by atoms with van der Waals surface area (Å²) >= 11 is 0. The monoisotopic (exact) mass is 580 g/mol. The Balaban J connectivity index is 1.26. The van der Waals surface area contributed by atoms with E-state index < -0.39 is 23.8 Å². The van der Waals surface area contributed by atoms with Crippen molar-refractivity contribution in [3.8, 4) is 17.2 Å². The Hall–Kier alpha value is -4.65. The van der Waals surface area contributed by atoms with Crippen molar-refractivity contribution in [3.05, 3.63) is 101 Å². The molecule has 222 valence electrons. The van der Waals surface area contributed by atoms with Gasteiger partial charge >= 0.3 is 17.9 Å². The number of aryl methyl sites for hydroxylation is 1. The van der Waals surface area contributed by atoms with Gasteiger partial charge in [0, 0.05) is 0 Å². The molecule has 1 atom stereocenters. The van der Waals surface area contributed by atoms with Crippen LogP contribution in [-0.2, 0) is 17.6 Å². The minimum Gasteiger partial charge on any atom is -0.494 e. The summed E-state index contributed by atoms with van der Waals surface area (Å²) < 4.78 is 17.0. The first-order valence-corrected chi connectivity index (χ1v) is 15.0. The molecule has 4 aromatic rings. The molecule has 0 aliphatic heterocycles. The highest BCUT2D eigenvalue weighted by molar-refractivity contribution is 6.00. The topological polar surface area (TPSA) is 99.1 Å². The van der Waals surface area contributed by atoms with E-state index in [-0.39, 0.29) is 22.6 Å². The number of unbranched alkanes of at least 4 members (excludes halogenated alkanes) is 4. The first kappa shape index (κ1) is 29.8. The molecule has 1 N–H and O–H groups in total. The highest BCUT2D eigenvalue weighted by atomic mass is 16.5. The van der Waals surface area contributed by atoms with Crippen LogP contribution in [0.25, 0.3) is 10.8 Å². The second-order valence-electron chi connectivity index (χ2n) is 10.9. The molecule has 0 radical (unpaired) electrons. The summed E-state index contributed by atoms with van der Waals surface area (Å²) in [7, 11) is 0. The lowest BCUT2D eigenvalue weighted by Gasteiger charge is -2.23. The number of carbonyl (C=O) groups excluding carboxylic acids is 2. The number of carboxylic acid groups (broad SMARTS) is 1. The quantitative estimate of drug-likeness (QED) is 0.104. The Labute approximate surface area is 251 Å². The Kier molecular flexibility index (Phi) is 9.72. The summed E-state index contributed by atoms with van der Waals surface area (Å²) in [6.45, 7) is 2.85. The first-order chi connectivity index (χ1) is 20.9. The molecular formula is C36H36O7. The van der Waals surface area contributed by atoms with Crippen LogP contribution in [0.1, 0.15) is 77.3 Å². The van der Waals surface area contributed by atoms with E-state index in [4.69, 9.17) is 14.2 Å². The van der Waals surface area contributed by atoms with Crippen LogP contribution in [0.2, 0.25) is 0 Å². The molecule has 0 bridgehead atoms. The molecule has 0 saturated heterocycles. The van der Waals surface area contributed by atoms with E-state index in [1.165, 1.54) is 43.0 Å². The summed E-state index contributed by atoms with van der Waals surface area (Å²) in [6.07, 6.45) is 7.72. The molecule has 7 heteroatoms. The molecule has 1 aliphatic carbocycles. The molecule has 5 rings (SSSR count). The standard InChI is InChI=1S/C36H36O7/c1-2-3-4-5-8-20-41-30-19-18-26-22-29(17-15-27(26)23-30)36(40)43-32-13-9-12-31(33(32)34(37)38)42-35(39)28-16-14-24-10-6-7-11-25(24)21-28/h6-7,9-13,15,17-19,22-23,28H,2-5,8,14,16,20-21H2,1H3,(H,37,38). The van der Waals surface area contributed by atoms with E-state index in [1.54, 1.807) is 18.2 Å².